The minimum absolute atomic E-state index is 0.0285. The van der Waals surface area contributed by atoms with Crippen LogP contribution in [0.4, 0.5) is 5.69 Å². The molecule has 1 N–H and O–H groups in total. The Morgan fingerprint density at radius 3 is 2.34 bits per heavy atom. The minimum Gasteiger partial charge on any atom is -0.482 e. The highest BCUT2D eigenvalue weighted by Crippen LogP contribution is 2.39. The Balaban J connectivity index is 1.46. The molecule has 44 heavy (non-hydrogen) atoms. The van der Waals surface area contributed by atoms with Gasteiger partial charge in [0.15, 0.2) is 6.61 Å². The fourth-order valence-electron chi connectivity index (χ4n) is 5.87. The number of piperidine rings is 1. The Morgan fingerprint density at radius 1 is 1.07 bits per heavy atom. The summed E-state index contributed by atoms with van der Waals surface area (Å²) in [6, 6.07) is 12.6. The van der Waals surface area contributed by atoms with Gasteiger partial charge in [-0.3, -0.25) is 14.4 Å². The lowest BCUT2D eigenvalue weighted by atomic mass is 9.85. The lowest BCUT2D eigenvalue weighted by Gasteiger charge is -2.44. The van der Waals surface area contributed by atoms with Crippen LogP contribution in [-0.2, 0) is 25.5 Å². The molecular weight excluding hydrogens is 675 g/mol. The number of rotatable bonds is 11. The summed E-state index contributed by atoms with van der Waals surface area (Å²) in [7, 11) is 1.79. The molecule has 0 aromatic heterocycles. The molecule has 1 spiro atoms. The van der Waals surface area contributed by atoms with E-state index in [0.29, 0.717) is 50.5 Å². The number of likely N-dealkylation sites (N-methyl/N-ethyl adjacent to an activating group) is 1. The first kappa shape index (κ1) is 33.4. The van der Waals surface area contributed by atoms with Gasteiger partial charge < -0.3 is 29.5 Å². The molecule has 1 atom stereocenters. The zero-order valence-corrected chi connectivity index (χ0v) is 28.4. The fraction of sp³-hybridized carbons (Fsp3) is 0.485. The van der Waals surface area contributed by atoms with Crippen LogP contribution in [0.25, 0.3) is 0 Å². The van der Waals surface area contributed by atoms with Crippen molar-refractivity contribution in [2.75, 3.05) is 44.9 Å². The van der Waals surface area contributed by atoms with Crippen molar-refractivity contribution in [2.24, 2.45) is 5.92 Å². The number of esters is 1. The Kier molecular flexibility index (Phi) is 11.0. The number of nitrogens with one attached hydrogen (secondary N) is 1. The maximum Gasteiger partial charge on any atom is 0.344 e. The third-order valence-electron chi connectivity index (χ3n) is 8.37. The molecule has 2 aromatic rings. The molecule has 2 aliphatic heterocycles. The molecule has 0 unspecified atom stereocenters. The topological polar surface area (TPSA) is 108 Å². The van der Waals surface area contributed by atoms with Crippen molar-refractivity contribution in [2.45, 2.75) is 58.5 Å². The normalized spacial score (nSPS) is 16.8. The maximum atomic E-state index is 13.8. The summed E-state index contributed by atoms with van der Waals surface area (Å²) in [5.41, 5.74) is 1.76. The van der Waals surface area contributed by atoms with Gasteiger partial charge in [0.25, 0.3) is 5.91 Å². The van der Waals surface area contributed by atoms with Crippen LogP contribution in [0, 0.1) is 9.49 Å². The number of hydrogen-bond acceptors (Lipinski definition) is 7. The van der Waals surface area contributed by atoms with Gasteiger partial charge in [-0.2, -0.15) is 0 Å². The second-order valence-corrected chi connectivity index (χ2v) is 13.4. The quantitative estimate of drug-likeness (QED) is 0.278. The zero-order chi connectivity index (χ0) is 32.0. The van der Waals surface area contributed by atoms with Gasteiger partial charge in [0.1, 0.15) is 17.3 Å². The molecule has 0 aliphatic carbocycles. The predicted molar refractivity (Wildman–Crippen MR) is 179 cm³/mol. The molecule has 11 heteroatoms. The van der Waals surface area contributed by atoms with E-state index < -0.39 is 38.3 Å². The summed E-state index contributed by atoms with van der Waals surface area (Å²) in [6.07, 6.45) is 1.75. The Hall–Kier alpha value is -3.48. The van der Waals surface area contributed by atoms with Crippen molar-refractivity contribution in [3.8, 4) is 5.75 Å². The molecule has 2 saturated heterocycles. The van der Waals surface area contributed by atoms with Gasteiger partial charge in [-0.25, -0.2) is 4.79 Å². The summed E-state index contributed by atoms with van der Waals surface area (Å²) < 4.78 is 15.5. The lowest BCUT2D eigenvalue weighted by Crippen LogP contribution is -2.60. The van der Waals surface area contributed by atoms with Gasteiger partial charge in [-0.05, 0) is 74.1 Å². The first-order chi connectivity index (χ1) is 21.0. The third-order valence-corrected chi connectivity index (χ3v) is 10.1. The Bertz CT molecular complexity index is 1390. The van der Waals surface area contributed by atoms with Crippen molar-refractivity contribution in [3.05, 3.63) is 57.2 Å². The van der Waals surface area contributed by atoms with Crippen LogP contribution in [0.15, 0.2) is 42.5 Å². The summed E-state index contributed by atoms with van der Waals surface area (Å²) in [5.74, 6) is -0.363. The van der Waals surface area contributed by atoms with Crippen molar-refractivity contribution in [3.63, 3.8) is 0 Å². The van der Waals surface area contributed by atoms with E-state index in [1.165, 1.54) is 0 Å². The Labute approximate surface area is 269 Å². The van der Waals surface area contributed by atoms with Gasteiger partial charge in [0.2, 0.25) is 11.8 Å². The van der Waals surface area contributed by atoms with E-state index in [4.69, 9.17) is 9.47 Å². The summed E-state index contributed by atoms with van der Waals surface area (Å²) >= 11 is -0.557. The van der Waals surface area contributed by atoms with Gasteiger partial charge >= 0.3 is 5.97 Å². The van der Waals surface area contributed by atoms with E-state index in [-0.39, 0.29) is 30.2 Å². The van der Waals surface area contributed by atoms with Crippen molar-refractivity contribution >= 4 is 54.6 Å². The predicted octanol–water partition coefficient (Wildman–Crippen LogP) is 3.81. The first-order valence-electron chi connectivity index (χ1n) is 15.1. The van der Waals surface area contributed by atoms with E-state index in [1.54, 1.807) is 35.9 Å². The van der Waals surface area contributed by atoms with Crippen LogP contribution < -0.4 is 15.0 Å². The van der Waals surface area contributed by atoms with Gasteiger partial charge in [-0.15, -0.1) is 0 Å². The SMILES string of the molecule is C=Ic1ccc(CC)cc1C(=O)N[C@@H](C(=O)N1CCC2(CC1)C(=O)N(C)CN2c1ccc(OCC(=O)OCC)cc1)C(C)C. The molecule has 3 amide bonds. The van der Waals surface area contributed by atoms with Gasteiger partial charge in [0, 0.05) is 29.4 Å². The monoisotopic (exact) mass is 718 g/mol. The van der Waals surface area contributed by atoms with E-state index in [9.17, 15) is 19.2 Å². The number of ether oxygens (including phenoxy) is 2. The first-order valence-corrected chi connectivity index (χ1v) is 17.7. The average molecular weight is 719 g/mol. The number of likely N-dealkylation sites (tertiary alicyclic amines) is 1. The van der Waals surface area contributed by atoms with Crippen LogP contribution in [0.1, 0.15) is 56.5 Å². The number of nitrogens with zero attached hydrogens (tertiary/aromatic N) is 3. The number of aryl methyl sites for hydroxylation is 1. The van der Waals surface area contributed by atoms with Crippen LogP contribution in [0.2, 0.25) is 0 Å². The third kappa shape index (κ3) is 7.08. The number of carbonyl (C=O) groups excluding carboxylic acids is 4. The van der Waals surface area contributed by atoms with Crippen LogP contribution in [0.5, 0.6) is 5.75 Å². The van der Waals surface area contributed by atoms with Crippen molar-refractivity contribution < 1.29 is 28.7 Å². The summed E-state index contributed by atoms with van der Waals surface area (Å²) in [5, 5.41) is 3.03. The second-order valence-electron chi connectivity index (χ2n) is 11.5. The fourth-order valence-corrected chi connectivity index (χ4v) is 7.12. The molecule has 2 aliphatic rings. The van der Waals surface area contributed by atoms with E-state index in [0.717, 1.165) is 21.2 Å². The van der Waals surface area contributed by atoms with E-state index in [1.807, 2.05) is 51.1 Å². The summed E-state index contributed by atoms with van der Waals surface area (Å²) in [6.45, 7) is 9.00. The average Bonchev–Trinajstić information content (AvgIpc) is 3.27. The molecule has 2 fully saturated rings. The lowest BCUT2D eigenvalue weighted by molar-refractivity contribution is -0.145. The number of carbonyl (C=O) groups is 4. The van der Waals surface area contributed by atoms with Crippen molar-refractivity contribution in [1.82, 2.24) is 15.1 Å². The smallest absolute Gasteiger partial charge is 0.344 e. The minimum atomic E-state index is -0.775. The molecule has 238 valence electrons. The van der Waals surface area contributed by atoms with Crippen LogP contribution in [0.3, 0.4) is 0 Å². The molecule has 2 aromatic carbocycles. The molecule has 4 rings (SSSR count). The highest BCUT2D eigenvalue weighted by atomic mass is 127. The van der Waals surface area contributed by atoms with E-state index in [2.05, 4.69) is 14.7 Å². The molecule has 0 radical (unpaired) electrons. The van der Waals surface area contributed by atoms with Crippen LogP contribution >= 0.6 is 20.7 Å². The summed E-state index contributed by atoms with van der Waals surface area (Å²) in [4.78, 5) is 58.0. The molecular formula is C33H43IN4O6. The number of anilines is 1. The molecule has 2 heterocycles. The highest BCUT2D eigenvalue weighted by Gasteiger charge is 2.53. The number of halogens is 1. The highest BCUT2D eigenvalue weighted by molar-refractivity contribution is 14.2. The second kappa shape index (κ2) is 14.5. The van der Waals surface area contributed by atoms with Crippen molar-refractivity contribution in [1.29, 1.82) is 0 Å². The molecule has 0 saturated carbocycles. The number of benzene rings is 2. The zero-order valence-electron chi connectivity index (χ0n) is 26.2. The van der Waals surface area contributed by atoms with Gasteiger partial charge in [-0.1, -0.05) is 52.1 Å². The van der Waals surface area contributed by atoms with Gasteiger partial charge in [0.05, 0.1) is 18.8 Å². The van der Waals surface area contributed by atoms with E-state index >= 15 is 0 Å². The van der Waals surface area contributed by atoms with Crippen LogP contribution in [-0.4, -0.2) is 89.6 Å². The maximum absolute atomic E-state index is 13.8. The standard InChI is InChI=1S/C33H43IN4O6/c1-7-23-9-14-27(34-5)26(19-23)30(40)35-29(22(3)4)31(41)37-17-15-33(16-18-37)32(42)36(6)21-38(33)24-10-12-25(13-11-24)44-20-28(39)43-8-2/h9-14,19,22,29H,5,7-8,15-18,20-21H2,1-4,6H3,(H,35,40)/t29-/m1/s1. The molecule has 0 bridgehead atoms. The number of amides is 3. The number of hydrogen-bond donors (Lipinski definition) is 1. The Morgan fingerprint density at radius 2 is 1.75 bits per heavy atom. The largest absolute Gasteiger partial charge is 0.482 e. The molecule has 10 nitrogen and oxygen atoms in total.